The Hall–Kier alpha value is -1.07. The smallest absolute Gasteiger partial charge is 0.319 e. The first-order valence-corrected chi connectivity index (χ1v) is 8.06. The van der Waals surface area contributed by atoms with E-state index >= 15 is 0 Å². The van der Waals surface area contributed by atoms with Crippen LogP contribution in [-0.2, 0) is 0 Å². The highest BCUT2D eigenvalue weighted by molar-refractivity contribution is 9.10. The van der Waals surface area contributed by atoms with Gasteiger partial charge in [0.1, 0.15) is 0 Å². The van der Waals surface area contributed by atoms with Crippen molar-refractivity contribution in [2.24, 2.45) is 0 Å². The fourth-order valence-corrected chi connectivity index (χ4v) is 2.66. The van der Waals surface area contributed by atoms with Crippen LogP contribution in [0, 0.1) is 0 Å². The number of urea groups is 1. The zero-order valence-electron chi connectivity index (χ0n) is 11.7. The Bertz CT molecular complexity index is 416. The van der Waals surface area contributed by atoms with Gasteiger partial charge in [-0.05, 0) is 63.2 Å². The number of nitrogens with zero attached hydrogens (tertiary/aromatic N) is 1. The zero-order valence-corrected chi connectivity index (χ0v) is 13.3. The number of benzene rings is 1. The lowest BCUT2D eigenvalue weighted by atomic mass is 10.1. The Morgan fingerprint density at radius 1 is 1.15 bits per heavy atom. The average molecular weight is 340 g/mol. The molecule has 0 unspecified atom stereocenters. The fourth-order valence-electron chi connectivity index (χ4n) is 2.40. The van der Waals surface area contributed by atoms with Crippen molar-refractivity contribution in [1.29, 1.82) is 0 Å². The molecule has 0 atom stereocenters. The molecule has 2 N–H and O–H groups in total. The summed E-state index contributed by atoms with van der Waals surface area (Å²) in [4.78, 5) is 14.2. The van der Waals surface area contributed by atoms with E-state index in [1.54, 1.807) is 0 Å². The van der Waals surface area contributed by atoms with Crippen LogP contribution in [-0.4, -0.2) is 37.1 Å². The summed E-state index contributed by atoms with van der Waals surface area (Å²) >= 11 is 3.37. The second-order valence-electron chi connectivity index (χ2n) is 5.14. The van der Waals surface area contributed by atoms with Crippen molar-refractivity contribution >= 4 is 27.6 Å². The zero-order chi connectivity index (χ0) is 14.2. The Kier molecular flexibility index (Phi) is 6.33. The van der Waals surface area contributed by atoms with Gasteiger partial charge in [0.25, 0.3) is 0 Å². The molecule has 0 aliphatic carbocycles. The second kappa shape index (κ2) is 8.27. The molecule has 0 bridgehead atoms. The lowest BCUT2D eigenvalue weighted by molar-refractivity contribution is 0.224. The molecule has 1 saturated heterocycles. The normalized spacial score (nSPS) is 15.8. The van der Waals surface area contributed by atoms with E-state index in [0.717, 1.165) is 29.7 Å². The number of hydrogen-bond donors (Lipinski definition) is 2. The van der Waals surface area contributed by atoms with Gasteiger partial charge in [0, 0.05) is 16.7 Å². The molecular formula is C15H22BrN3O. The predicted octanol–water partition coefficient (Wildman–Crippen LogP) is 3.45. The molecule has 0 saturated carbocycles. The molecular weight excluding hydrogens is 318 g/mol. The molecule has 1 fully saturated rings. The summed E-state index contributed by atoms with van der Waals surface area (Å²) in [5.74, 6) is 0. The molecule has 1 heterocycles. The quantitative estimate of drug-likeness (QED) is 0.807. The van der Waals surface area contributed by atoms with Crippen LogP contribution >= 0.6 is 15.9 Å². The van der Waals surface area contributed by atoms with Gasteiger partial charge in [-0.2, -0.15) is 0 Å². The van der Waals surface area contributed by atoms with Gasteiger partial charge in [-0.25, -0.2) is 4.79 Å². The van der Waals surface area contributed by atoms with Gasteiger partial charge in [0.2, 0.25) is 0 Å². The Morgan fingerprint density at radius 3 is 2.55 bits per heavy atom. The van der Waals surface area contributed by atoms with Gasteiger partial charge in [0.05, 0.1) is 0 Å². The third-order valence-corrected chi connectivity index (χ3v) is 4.02. The SMILES string of the molecule is O=C(NCCCN1CCCCC1)Nc1ccc(Br)cc1. The first-order chi connectivity index (χ1) is 9.74. The van der Waals surface area contributed by atoms with Gasteiger partial charge < -0.3 is 15.5 Å². The number of likely N-dealkylation sites (tertiary alicyclic amines) is 1. The van der Waals surface area contributed by atoms with E-state index in [-0.39, 0.29) is 6.03 Å². The van der Waals surface area contributed by atoms with Gasteiger partial charge >= 0.3 is 6.03 Å². The van der Waals surface area contributed by atoms with Crippen LogP contribution in [0.25, 0.3) is 0 Å². The van der Waals surface area contributed by atoms with Crippen molar-refractivity contribution in [3.63, 3.8) is 0 Å². The molecule has 110 valence electrons. The van der Waals surface area contributed by atoms with Crippen LogP contribution in [0.1, 0.15) is 25.7 Å². The van der Waals surface area contributed by atoms with E-state index < -0.39 is 0 Å². The van der Waals surface area contributed by atoms with Crippen LogP contribution in [0.4, 0.5) is 10.5 Å². The van der Waals surface area contributed by atoms with Gasteiger partial charge in [-0.3, -0.25) is 0 Å². The summed E-state index contributed by atoms with van der Waals surface area (Å²) in [5.41, 5.74) is 0.807. The molecule has 1 aromatic carbocycles. The molecule has 20 heavy (non-hydrogen) atoms. The molecule has 0 spiro atoms. The van der Waals surface area contributed by atoms with Crippen LogP contribution in [0.5, 0.6) is 0 Å². The van der Waals surface area contributed by atoms with E-state index in [4.69, 9.17) is 0 Å². The lowest BCUT2D eigenvalue weighted by Gasteiger charge is -2.26. The number of piperidine rings is 1. The van der Waals surface area contributed by atoms with Gasteiger partial charge in [0.15, 0.2) is 0 Å². The lowest BCUT2D eigenvalue weighted by Crippen LogP contribution is -2.34. The third kappa shape index (κ3) is 5.51. The Balaban J connectivity index is 1.59. The molecule has 1 aliphatic rings. The minimum Gasteiger partial charge on any atom is -0.338 e. The number of hydrogen-bond acceptors (Lipinski definition) is 2. The summed E-state index contributed by atoms with van der Waals surface area (Å²) in [7, 11) is 0. The number of carbonyl (C=O) groups excluding carboxylic acids is 1. The molecule has 2 amide bonds. The van der Waals surface area contributed by atoms with E-state index in [0.29, 0.717) is 0 Å². The number of anilines is 1. The Labute approximate surface area is 129 Å². The van der Waals surface area contributed by atoms with Crippen LogP contribution in [0.15, 0.2) is 28.7 Å². The summed E-state index contributed by atoms with van der Waals surface area (Å²) in [6.07, 6.45) is 5.01. The number of carbonyl (C=O) groups is 1. The molecule has 5 heteroatoms. The van der Waals surface area contributed by atoms with Crippen LogP contribution in [0.2, 0.25) is 0 Å². The first kappa shape index (κ1) is 15.3. The number of halogens is 1. The highest BCUT2D eigenvalue weighted by atomic mass is 79.9. The Morgan fingerprint density at radius 2 is 1.85 bits per heavy atom. The predicted molar refractivity (Wildman–Crippen MR) is 86.1 cm³/mol. The number of nitrogens with one attached hydrogen (secondary N) is 2. The summed E-state index contributed by atoms with van der Waals surface area (Å²) in [6.45, 7) is 4.23. The number of amides is 2. The maximum absolute atomic E-state index is 11.7. The van der Waals surface area contributed by atoms with Crippen molar-refractivity contribution in [3.05, 3.63) is 28.7 Å². The maximum Gasteiger partial charge on any atom is 0.319 e. The standard InChI is InChI=1S/C15H22BrN3O/c16-13-5-7-14(8-6-13)18-15(20)17-9-4-12-19-10-2-1-3-11-19/h5-8H,1-4,9-12H2,(H2,17,18,20). The first-order valence-electron chi connectivity index (χ1n) is 7.27. The summed E-state index contributed by atoms with van der Waals surface area (Å²) in [6, 6.07) is 7.43. The van der Waals surface area contributed by atoms with Gasteiger partial charge in [-0.15, -0.1) is 0 Å². The average Bonchev–Trinajstić information content (AvgIpc) is 2.47. The highest BCUT2D eigenvalue weighted by Gasteiger charge is 2.09. The van der Waals surface area contributed by atoms with E-state index in [9.17, 15) is 4.79 Å². The highest BCUT2D eigenvalue weighted by Crippen LogP contribution is 2.13. The van der Waals surface area contributed by atoms with Crippen LogP contribution < -0.4 is 10.6 Å². The fraction of sp³-hybridized carbons (Fsp3) is 0.533. The van der Waals surface area contributed by atoms with Crippen molar-refractivity contribution in [1.82, 2.24) is 10.2 Å². The van der Waals surface area contributed by atoms with Crippen molar-refractivity contribution in [2.45, 2.75) is 25.7 Å². The van der Waals surface area contributed by atoms with Gasteiger partial charge in [-0.1, -0.05) is 22.4 Å². The minimum absolute atomic E-state index is 0.133. The second-order valence-corrected chi connectivity index (χ2v) is 6.06. The van der Waals surface area contributed by atoms with Crippen molar-refractivity contribution in [2.75, 3.05) is 31.5 Å². The third-order valence-electron chi connectivity index (χ3n) is 3.49. The van der Waals surface area contributed by atoms with E-state index in [2.05, 4.69) is 31.5 Å². The molecule has 4 nitrogen and oxygen atoms in total. The summed E-state index contributed by atoms with van der Waals surface area (Å²) < 4.78 is 1.00. The molecule has 0 aromatic heterocycles. The summed E-state index contributed by atoms with van der Waals surface area (Å²) in [5, 5.41) is 5.72. The van der Waals surface area contributed by atoms with E-state index in [1.165, 1.54) is 32.4 Å². The molecule has 0 radical (unpaired) electrons. The van der Waals surface area contributed by atoms with Crippen molar-refractivity contribution < 1.29 is 4.79 Å². The number of rotatable bonds is 5. The largest absolute Gasteiger partial charge is 0.338 e. The van der Waals surface area contributed by atoms with E-state index in [1.807, 2.05) is 24.3 Å². The maximum atomic E-state index is 11.7. The molecule has 1 aromatic rings. The van der Waals surface area contributed by atoms with Crippen LogP contribution in [0.3, 0.4) is 0 Å². The monoisotopic (exact) mass is 339 g/mol. The molecule has 1 aliphatic heterocycles. The molecule has 2 rings (SSSR count). The minimum atomic E-state index is -0.133. The van der Waals surface area contributed by atoms with Crippen molar-refractivity contribution in [3.8, 4) is 0 Å². The topological polar surface area (TPSA) is 44.4 Å².